The maximum absolute atomic E-state index is 13.7. The molecule has 5 rings (SSSR count). The predicted molar refractivity (Wildman–Crippen MR) is 128 cm³/mol. The fraction of sp³-hybridized carbons (Fsp3) is 0.481. The number of nitrogens with zero attached hydrogens (tertiary/aromatic N) is 2. The number of nitrogens with one attached hydrogen (secondary N) is 1. The van der Waals surface area contributed by atoms with Gasteiger partial charge in [-0.25, -0.2) is 4.79 Å². The van der Waals surface area contributed by atoms with Crippen molar-refractivity contribution in [3.05, 3.63) is 71.3 Å². The first-order valence-electron chi connectivity index (χ1n) is 12.1. The van der Waals surface area contributed by atoms with E-state index in [-0.39, 0.29) is 36.5 Å². The highest BCUT2D eigenvalue weighted by atomic mass is 16.5. The molecule has 0 radical (unpaired) electrons. The molecule has 180 valence electrons. The van der Waals surface area contributed by atoms with Crippen LogP contribution in [0.25, 0.3) is 0 Å². The molecule has 3 aliphatic rings. The van der Waals surface area contributed by atoms with E-state index >= 15 is 0 Å². The van der Waals surface area contributed by atoms with Crippen molar-refractivity contribution < 1.29 is 19.1 Å². The van der Waals surface area contributed by atoms with Crippen LogP contribution in [0, 0.1) is 5.92 Å². The van der Waals surface area contributed by atoms with Gasteiger partial charge in [0.15, 0.2) is 5.72 Å². The van der Waals surface area contributed by atoms with Gasteiger partial charge in [-0.05, 0) is 36.8 Å². The normalized spacial score (nSPS) is 25.6. The van der Waals surface area contributed by atoms with Crippen molar-refractivity contribution >= 4 is 11.9 Å². The number of urea groups is 1. The lowest BCUT2D eigenvalue weighted by Gasteiger charge is -2.52. The molecule has 3 heterocycles. The van der Waals surface area contributed by atoms with Crippen molar-refractivity contribution in [2.45, 2.75) is 43.5 Å². The van der Waals surface area contributed by atoms with Gasteiger partial charge in [-0.3, -0.25) is 4.79 Å². The number of hydrogen-bond donors (Lipinski definition) is 1. The van der Waals surface area contributed by atoms with Gasteiger partial charge in [-0.1, -0.05) is 54.6 Å². The molecular formula is C27H33N3O4. The molecule has 0 aliphatic carbocycles. The van der Waals surface area contributed by atoms with Crippen LogP contribution < -0.4 is 5.32 Å². The Bertz CT molecular complexity index is 1050. The Morgan fingerprint density at radius 3 is 2.62 bits per heavy atom. The minimum Gasteiger partial charge on any atom is -0.379 e. The SMILES string of the molecule is COC[C@](NC(=O)N1CCC[C@@H]2C(=O)N3CCc4ccccc4[C@@H]3C[C@@H]21)(OC)c1ccccc1. The summed E-state index contributed by atoms with van der Waals surface area (Å²) < 4.78 is 11.3. The molecule has 0 spiro atoms. The Labute approximate surface area is 201 Å². The first-order chi connectivity index (χ1) is 16.6. The fourth-order valence-electron chi connectivity index (χ4n) is 6.07. The highest BCUT2D eigenvalue weighted by Gasteiger charge is 2.49. The molecule has 3 aliphatic heterocycles. The molecule has 0 bridgehead atoms. The summed E-state index contributed by atoms with van der Waals surface area (Å²) in [5.74, 6) is 0.0308. The Kier molecular flexibility index (Phi) is 6.32. The van der Waals surface area contributed by atoms with Gasteiger partial charge in [0.2, 0.25) is 5.91 Å². The highest BCUT2D eigenvalue weighted by Crippen LogP contribution is 2.43. The molecule has 3 amide bonds. The van der Waals surface area contributed by atoms with E-state index in [1.54, 1.807) is 14.2 Å². The number of carbonyl (C=O) groups excluding carboxylic acids is 2. The number of likely N-dealkylation sites (tertiary alicyclic amines) is 1. The highest BCUT2D eigenvalue weighted by molar-refractivity contribution is 5.84. The number of hydrogen-bond acceptors (Lipinski definition) is 4. The molecular weight excluding hydrogens is 430 g/mol. The van der Waals surface area contributed by atoms with Crippen molar-refractivity contribution in [2.75, 3.05) is 33.9 Å². The zero-order chi connectivity index (χ0) is 23.7. The molecule has 2 saturated heterocycles. The number of fused-ring (bicyclic) bond motifs is 4. The van der Waals surface area contributed by atoms with Gasteiger partial charge < -0.3 is 24.6 Å². The molecule has 0 unspecified atom stereocenters. The standard InChI is InChI=1S/C27H33N3O4/c1-33-18-27(34-2,20-10-4-3-5-11-20)28-26(32)30-15-8-13-22-24(30)17-23-21-12-7-6-9-19(21)14-16-29(23)25(22)31/h3-7,9-12,22-24H,8,13-18H2,1-2H3,(H,28,32)/t22-,23-,24-,27-/m0/s1. The Balaban J connectivity index is 1.43. The van der Waals surface area contributed by atoms with E-state index in [4.69, 9.17) is 9.47 Å². The largest absolute Gasteiger partial charge is 0.379 e. The number of benzene rings is 2. The lowest BCUT2D eigenvalue weighted by molar-refractivity contribution is -0.148. The van der Waals surface area contributed by atoms with E-state index in [2.05, 4.69) is 28.4 Å². The van der Waals surface area contributed by atoms with Crippen molar-refractivity contribution in [1.29, 1.82) is 0 Å². The maximum atomic E-state index is 13.7. The van der Waals surface area contributed by atoms with Gasteiger partial charge in [-0.15, -0.1) is 0 Å². The summed E-state index contributed by atoms with van der Waals surface area (Å²) in [5.41, 5.74) is 2.24. The lowest BCUT2D eigenvalue weighted by Crippen LogP contribution is -2.63. The van der Waals surface area contributed by atoms with E-state index in [1.807, 2.05) is 41.3 Å². The fourth-order valence-corrected chi connectivity index (χ4v) is 6.07. The first kappa shape index (κ1) is 22.9. The number of carbonyl (C=O) groups is 2. The van der Waals surface area contributed by atoms with Gasteiger partial charge in [0.25, 0.3) is 0 Å². The minimum absolute atomic E-state index is 0.0207. The number of piperidine rings is 2. The monoisotopic (exact) mass is 463 g/mol. The van der Waals surface area contributed by atoms with Gasteiger partial charge in [0.05, 0.1) is 18.6 Å². The summed E-state index contributed by atoms with van der Waals surface area (Å²) in [6.45, 7) is 1.55. The Morgan fingerprint density at radius 1 is 1.09 bits per heavy atom. The summed E-state index contributed by atoms with van der Waals surface area (Å²) in [6.07, 6.45) is 3.29. The van der Waals surface area contributed by atoms with Crippen LogP contribution in [0.2, 0.25) is 0 Å². The van der Waals surface area contributed by atoms with Crippen molar-refractivity contribution in [1.82, 2.24) is 15.1 Å². The third kappa shape index (κ3) is 3.87. The lowest BCUT2D eigenvalue weighted by atomic mass is 9.76. The van der Waals surface area contributed by atoms with Gasteiger partial charge >= 0.3 is 6.03 Å². The van der Waals surface area contributed by atoms with Crippen LogP contribution in [0.4, 0.5) is 4.79 Å². The summed E-state index contributed by atoms with van der Waals surface area (Å²) >= 11 is 0. The van der Waals surface area contributed by atoms with E-state index in [0.29, 0.717) is 6.54 Å². The summed E-state index contributed by atoms with van der Waals surface area (Å²) in [6, 6.07) is 17.7. The summed E-state index contributed by atoms with van der Waals surface area (Å²) in [4.78, 5) is 31.2. The van der Waals surface area contributed by atoms with Gasteiger partial charge in [0.1, 0.15) is 0 Å². The number of methoxy groups -OCH3 is 2. The van der Waals surface area contributed by atoms with Crippen molar-refractivity contribution in [2.24, 2.45) is 5.92 Å². The quantitative estimate of drug-likeness (QED) is 0.690. The van der Waals surface area contributed by atoms with E-state index in [1.165, 1.54) is 11.1 Å². The third-order valence-electron chi connectivity index (χ3n) is 7.76. The molecule has 1 N–H and O–H groups in total. The average Bonchev–Trinajstić information content (AvgIpc) is 2.88. The van der Waals surface area contributed by atoms with Crippen LogP contribution >= 0.6 is 0 Å². The average molecular weight is 464 g/mol. The maximum Gasteiger partial charge on any atom is 0.320 e. The van der Waals surface area contributed by atoms with Crippen LogP contribution in [0.1, 0.15) is 42.0 Å². The second kappa shape index (κ2) is 9.39. The Morgan fingerprint density at radius 2 is 1.85 bits per heavy atom. The molecule has 0 aromatic heterocycles. The second-order valence-electron chi connectivity index (χ2n) is 9.50. The molecule has 7 heteroatoms. The number of amides is 3. The molecule has 2 fully saturated rings. The first-order valence-corrected chi connectivity index (χ1v) is 12.1. The van der Waals surface area contributed by atoms with Crippen LogP contribution in [-0.4, -0.2) is 61.7 Å². The van der Waals surface area contributed by atoms with Gasteiger partial charge in [-0.2, -0.15) is 0 Å². The van der Waals surface area contributed by atoms with E-state index < -0.39 is 5.72 Å². The molecule has 2 aromatic carbocycles. The van der Waals surface area contributed by atoms with E-state index in [0.717, 1.165) is 37.8 Å². The van der Waals surface area contributed by atoms with Crippen LogP contribution in [0.5, 0.6) is 0 Å². The third-order valence-corrected chi connectivity index (χ3v) is 7.76. The van der Waals surface area contributed by atoms with Crippen LogP contribution in [0.3, 0.4) is 0 Å². The summed E-state index contributed by atoms with van der Waals surface area (Å²) in [5, 5.41) is 3.12. The van der Waals surface area contributed by atoms with E-state index in [9.17, 15) is 9.59 Å². The smallest absolute Gasteiger partial charge is 0.320 e. The summed E-state index contributed by atoms with van der Waals surface area (Å²) in [7, 11) is 3.17. The molecule has 0 saturated carbocycles. The van der Waals surface area contributed by atoms with Gasteiger partial charge in [0, 0.05) is 38.9 Å². The van der Waals surface area contributed by atoms with Crippen LogP contribution in [-0.2, 0) is 26.4 Å². The molecule has 34 heavy (non-hydrogen) atoms. The second-order valence-corrected chi connectivity index (χ2v) is 9.50. The molecule has 4 atom stereocenters. The van der Waals surface area contributed by atoms with Crippen molar-refractivity contribution in [3.63, 3.8) is 0 Å². The zero-order valence-electron chi connectivity index (χ0n) is 19.9. The van der Waals surface area contributed by atoms with Crippen molar-refractivity contribution in [3.8, 4) is 0 Å². The predicted octanol–water partition coefficient (Wildman–Crippen LogP) is 3.45. The molecule has 2 aromatic rings. The van der Waals surface area contributed by atoms with Crippen LogP contribution in [0.15, 0.2) is 54.6 Å². The Hall–Kier alpha value is -2.90. The number of ether oxygens (including phenoxy) is 2. The topological polar surface area (TPSA) is 71.1 Å². The molecule has 7 nitrogen and oxygen atoms in total. The zero-order valence-corrected chi connectivity index (χ0v) is 19.9. The number of rotatable bonds is 5. The minimum atomic E-state index is -1.11.